The number of carbonyl (C=O) groups is 1. The summed E-state index contributed by atoms with van der Waals surface area (Å²) in [4.78, 5) is 12.0. The van der Waals surface area contributed by atoms with Crippen molar-refractivity contribution in [3.05, 3.63) is 28.2 Å². The zero-order valence-corrected chi connectivity index (χ0v) is 15.1. The molecule has 1 N–H and O–H groups in total. The zero-order valence-electron chi connectivity index (χ0n) is 12.8. The van der Waals surface area contributed by atoms with E-state index in [4.69, 9.17) is 23.2 Å². The van der Waals surface area contributed by atoms with Gasteiger partial charge >= 0.3 is 0 Å². The Morgan fingerprint density at radius 3 is 2.27 bits per heavy atom. The van der Waals surface area contributed by atoms with Gasteiger partial charge in [0, 0.05) is 19.5 Å². The summed E-state index contributed by atoms with van der Waals surface area (Å²) < 4.78 is 24.7. The van der Waals surface area contributed by atoms with Crippen LogP contribution < -0.4 is 5.32 Å². The van der Waals surface area contributed by atoms with Crippen LogP contribution in [-0.2, 0) is 14.8 Å². The summed E-state index contributed by atoms with van der Waals surface area (Å²) in [7, 11) is -3.34. The summed E-state index contributed by atoms with van der Waals surface area (Å²) >= 11 is 11.9. The maximum Gasteiger partial charge on any atom is 0.225 e. The summed E-state index contributed by atoms with van der Waals surface area (Å²) in [5.74, 6) is -0.164. The number of carbonyl (C=O) groups excluding carboxylic acids is 1. The van der Waals surface area contributed by atoms with Crippen molar-refractivity contribution in [1.82, 2.24) is 4.31 Å². The van der Waals surface area contributed by atoms with Crippen molar-refractivity contribution >= 4 is 44.8 Å². The number of halogens is 2. The average Bonchev–Trinajstić information content (AvgIpc) is 2.37. The first-order valence-electron chi connectivity index (χ1n) is 6.80. The first-order valence-corrected chi connectivity index (χ1v) is 9.40. The number of sulfonamides is 1. The van der Waals surface area contributed by atoms with Gasteiger partial charge in [-0.2, -0.15) is 0 Å². The van der Waals surface area contributed by atoms with E-state index in [1.807, 2.05) is 13.8 Å². The van der Waals surface area contributed by atoms with E-state index < -0.39 is 10.0 Å². The van der Waals surface area contributed by atoms with Crippen molar-refractivity contribution in [2.75, 3.05) is 24.7 Å². The Bertz CT molecular complexity index is 613. The van der Waals surface area contributed by atoms with E-state index in [2.05, 4.69) is 5.32 Å². The molecule has 0 bridgehead atoms. The van der Waals surface area contributed by atoms with Crippen LogP contribution in [0.15, 0.2) is 18.2 Å². The summed E-state index contributed by atoms with van der Waals surface area (Å²) in [6.07, 6.45) is 1.17. The Hall–Kier alpha value is -0.820. The van der Waals surface area contributed by atoms with Gasteiger partial charge in [-0.15, -0.1) is 0 Å². The van der Waals surface area contributed by atoms with E-state index >= 15 is 0 Å². The fourth-order valence-corrected chi connectivity index (χ4v) is 3.33. The van der Waals surface area contributed by atoms with Gasteiger partial charge in [0.2, 0.25) is 15.9 Å². The normalized spacial score (nSPS) is 12.0. The van der Waals surface area contributed by atoms with Crippen molar-refractivity contribution in [1.29, 1.82) is 0 Å². The Kier molecular flexibility index (Phi) is 7.12. The topological polar surface area (TPSA) is 66.5 Å². The van der Waals surface area contributed by atoms with Crippen LogP contribution in [0.3, 0.4) is 0 Å². The quantitative estimate of drug-likeness (QED) is 0.805. The van der Waals surface area contributed by atoms with Gasteiger partial charge in [0.1, 0.15) is 0 Å². The molecular formula is C14H20Cl2N2O3S. The number of amides is 1. The third-order valence-corrected chi connectivity index (χ3v) is 4.75. The second kappa shape index (κ2) is 8.15. The molecule has 0 aliphatic carbocycles. The number of anilines is 1. The number of nitrogens with zero attached hydrogens (tertiary/aromatic N) is 1. The molecule has 0 atom stereocenters. The molecule has 0 heterocycles. The van der Waals surface area contributed by atoms with E-state index in [1.54, 1.807) is 18.2 Å². The molecule has 0 unspecified atom stereocenters. The first-order chi connectivity index (χ1) is 10.1. The van der Waals surface area contributed by atoms with E-state index in [0.717, 1.165) is 6.26 Å². The van der Waals surface area contributed by atoms with Gasteiger partial charge in [-0.3, -0.25) is 4.79 Å². The van der Waals surface area contributed by atoms with Crippen LogP contribution in [0.4, 0.5) is 5.69 Å². The van der Waals surface area contributed by atoms with Gasteiger partial charge in [0.05, 0.1) is 22.0 Å². The summed E-state index contributed by atoms with van der Waals surface area (Å²) in [5.41, 5.74) is 0.339. The number of para-hydroxylation sites is 1. The molecule has 8 heteroatoms. The van der Waals surface area contributed by atoms with E-state index in [9.17, 15) is 13.2 Å². The number of hydrogen-bond acceptors (Lipinski definition) is 3. The van der Waals surface area contributed by atoms with Gasteiger partial charge < -0.3 is 5.32 Å². The highest BCUT2D eigenvalue weighted by molar-refractivity contribution is 7.88. The van der Waals surface area contributed by atoms with Crippen molar-refractivity contribution in [3.8, 4) is 0 Å². The second-order valence-electron chi connectivity index (χ2n) is 5.41. The lowest BCUT2D eigenvalue weighted by Crippen LogP contribution is -2.35. The number of rotatable bonds is 7. The van der Waals surface area contributed by atoms with Crippen LogP contribution in [0.2, 0.25) is 10.0 Å². The molecule has 1 aromatic rings. The highest BCUT2D eigenvalue weighted by atomic mass is 35.5. The fourth-order valence-electron chi connectivity index (χ4n) is 1.85. The molecule has 1 rings (SSSR count). The molecular weight excluding hydrogens is 347 g/mol. The predicted octanol–water partition coefficient (Wildman–Crippen LogP) is 3.24. The number of hydrogen-bond donors (Lipinski definition) is 1. The van der Waals surface area contributed by atoms with Crippen molar-refractivity contribution in [2.45, 2.75) is 20.3 Å². The Labute approximate surface area is 141 Å². The molecule has 5 nitrogen and oxygen atoms in total. The minimum Gasteiger partial charge on any atom is -0.324 e. The largest absolute Gasteiger partial charge is 0.324 e. The van der Waals surface area contributed by atoms with Crippen LogP contribution in [0.5, 0.6) is 0 Å². The highest BCUT2D eigenvalue weighted by Gasteiger charge is 2.19. The average molecular weight is 367 g/mol. The molecule has 0 aliphatic heterocycles. The third kappa shape index (κ3) is 6.12. The maximum atomic E-state index is 12.0. The number of nitrogens with one attached hydrogen (secondary N) is 1. The van der Waals surface area contributed by atoms with Crippen molar-refractivity contribution in [2.24, 2.45) is 5.92 Å². The fraction of sp³-hybridized carbons (Fsp3) is 0.500. The van der Waals surface area contributed by atoms with Gasteiger partial charge in [0.15, 0.2) is 0 Å². The SMILES string of the molecule is CC(C)CN(CCC(=O)Nc1c(Cl)cccc1Cl)S(C)(=O)=O. The molecule has 22 heavy (non-hydrogen) atoms. The molecule has 0 spiro atoms. The van der Waals surface area contributed by atoms with E-state index in [-0.39, 0.29) is 24.8 Å². The standard InChI is InChI=1S/C14H20Cl2N2O3S/c1-10(2)9-18(22(3,20)21)8-7-13(19)17-14-11(15)5-4-6-12(14)16/h4-6,10H,7-9H2,1-3H3,(H,17,19). The lowest BCUT2D eigenvalue weighted by molar-refractivity contribution is -0.116. The molecule has 0 aromatic heterocycles. The first kappa shape index (κ1) is 19.2. The van der Waals surface area contributed by atoms with Crippen LogP contribution in [0, 0.1) is 5.92 Å². The van der Waals surface area contributed by atoms with Gasteiger partial charge in [-0.25, -0.2) is 12.7 Å². The zero-order chi connectivity index (χ0) is 16.9. The highest BCUT2D eigenvalue weighted by Crippen LogP contribution is 2.29. The summed E-state index contributed by atoms with van der Waals surface area (Å²) in [5, 5.41) is 3.29. The van der Waals surface area contributed by atoms with Gasteiger partial charge in [-0.05, 0) is 18.1 Å². The maximum absolute atomic E-state index is 12.0. The smallest absolute Gasteiger partial charge is 0.225 e. The molecule has 1 amide bonds. The predicted molar refractivity (Wildman–Crippen MR) is 91.0 cm³/mol. The molecule has 0 aliphatic rings. The lowest BCUT2D eigenvalue weighted by Gasteiger charge is -2.21. The molecule has 0 saturated heterocycles. The molecule has 124 valence electrons. The van der Waals surface area contributed by atoms with Crippen LogP contribution in [0.25, 0.3) is 0 Å². The number of benzene rings is 1. The van der Waals surface area contributed by atoms with Gasteiger partial charge in [-0.1, -0.05) is 43.1 Å². The molecule has 0 radical (unpaired) electrons. The molecule has 1 aromatic carbocycles. The monoisotopic (exact) mass is 366 g/mol. The Morgan fingerprint density at radius 2 is 1.82 bits per heavy atom. The minimum atomic E-state index is -3.34. The van der Waals surface area contributed by atoms with Crippen LogP contribution in [0.1, 0.15) is 20.3 Å². The van der Waals surface area contributed by atoms with E-state index in [1.165, 1.54) is 4.31 Å². The van der Waals surface area contributed by atoms with Crippen molar-refractivity contribution in [3.63, 3.8) is 0 Å². The van der Waals surface area contributed by atoms with E-state index in [0.29, 0.717) is 22.3 Å². The molecule has 0 saturated carbocycles. The Balaban J connectivity index is 2.68. The second-order valence-corrected chi connectivity index (χ2v) is 8.21. The summed E-state index contributed by atoms with van der Waals surface area (Å²) in [6.45, 7) is 4.33. The molecule has 0 fully saturated rings. The third-order valence-electron chi connectivity index (χ3n) is 2.85. The summed E-state index contributed by atoms with van der Waals surface area (Å²) in [6, 6.07) is 4.91. The van der Waals surface area contributed by atoms with Crippen LogP contribution >= 0.6 is 23.2 Å². The van der Waals surface area contributed by atoms with Crippen molar-refractivity contribution < 1.29 is 13.2 Å². The lowest BCUT2D eigenvalue weighted by atomic mass is 10.2. The van der Waals surface area contributed by atoms with Crippen LogP contribution in [-0.4, -0.2) is 38.0 Å². The van der Waals surface area contributed by atoms with Gasteiger partial charge in [0.25, 0.3) is 0 Å². The Morgan fingerprint density at radius 1 is 1.27 bits per heavy atom. The minimum absolute atomic E-state index is 0.0291.